The summed E-state index contributed by atoms with van der Waals surface area (Å²) >= 11 is 0. The fraction of sp³-hybridized carbons (Fsp3) is 0.615. The van der Waals surface area contributed by atoms with Gasteiger partial charge in [-0.3, -0.25) is 14.8 Å². The van der Waals surface area contributed by atoms with Crippen LogP contribution in [0.25, 0.3) is 0 Å². The van der Waals surface area contributed by atoms with E-state index in [4.69, 9.17) is 5.73 Å². The van der Waals surface area contributed by atoms with E-state index in [-0.39, 0.29) is 5.54 Å². The van der Waals surface area contributed by atoms with E-state index in [0.717, 1.165) is 37.6 Å². The van der Waals surface area contributed by atoms with E-state index in [1.165, 1.54) is 0 Å². The SMILES string of the molecule is CN1CCN(Cc2ccc(N)cn2)CC1(C)C. The van der Waals surface area contributed by atoms with Gasteiger partial charge in [0.1, 0.15) is 0 Å². The first-order valence-corrected chi connectivity index (χ1v) is 6.11. The molecule has 0 unspecified atom stereocenters. The Morgan fingerprint density at radius 1 is 1.35 bits per heavy atom. The summed E-state index contributed by atoms with van der Waals surface area (Å²) in [6, 6.07) is 3.93. The monoisotopic (exact) mass is 234 g/mol. The van der Waals surface area contributed by atoms with E-state index >= 15 is 0 Å². The molecular formula is C13H22N4. The highest BCUT2D eigenvalue weighted by molar-refractivity contribution is 5.34. The number of nitrogens with zero attached hydrogens (tertiary/aromatic N) is 3. The molecule has 1 aliphatic heterocycles. The number of anilines is 1. The maximum Gasteiger partial charge on any atom is 0.0545 e. The summed E-state index contributed by atoms with van der Waals surface area (Å²) < 4.78 is 0. The normalized spacial score (nSPS) is 21.6. The second kappa shape index (κ2) is 4.63. The summed E-state index contributed by atoms with van der Waals surface area (Å²) in [6.07, 6.45) is 1.73. The molecule has 94 valence electrons. The number of likely N-dealkylation sites (N-methyl/N-ethyl adjacent to an activating group) is 1. The van der Waals surface area contributed by atoms with E-state index in [2.05, 4.69) is 35.7 Å². The molecule has 0 aliphatic carbocycles. The van der Waals surface area contributed by atoms with Crippen LogP contribution in [0.15, 0.2) is 18.3 Å². The van der Waals surface area contributed by atoms with Crippen molar-refractivity contribution in [2.75, 3.05) is 32.4 Å². The molecule has 0 bridgehead atoms. The molecule has 2 heterocycles. The lowest BCUT2D eigenvalue weighted by molar-refractivity contribution is 0.0354. The van der Waals surface area contributed by atoms with Crippen molar-refractivity contribution >= 4 is 5.69 Å². The molecule has 1 aromatic heterocycles. The zero-order valence-corrected chi connectivity index (χ0v) is 11.0. The van der Waals surface area contributed by atoms with E-state index in [1.807, 2.05) is 12.1 Å². The molecule has 1 saturated heterocycles. The van der Waals surface area contributed by atoms with Crippen LogP contribution in [0, 0.1) is 0 Å². The Hall–Kier alpha value is -1.13. The average Bonchev–Trinajstić information content (AvgIpc) is 2.26. The number of nitrogen functional groups attached to an aromatic ring is 1. The number of hydrogen-bond donors (Lipinski definition) is 1. The van der Waals surface area contributed by atoms with Gasteiger partial charge in [-0.1, -0.05) is 0 Å². The number of piperazine rings is 1. The van der Waals surface area contributed by atoms with Crippen molar-refractivity contribution in [3.8, 4) is 0 Å². The highest BCUT2D eigenvalue weighted by Gasteiger charge is 2.30. The zero-order valence-electron chi connectivity index (χ0n) is 11.0. The number of hydrogen-bond acceptors (Lipinski definition) is 4. The summed E-state index contributed by atoms with van der Waals surface area (Å²) in [6.45, 7) is 8.78. The van der Waals surface area contributed by atoms with E-state index in [1.54, 1.807) is 6.20 Å². The Labute approximate surface area is 103 Å². The van der Waals surface area contributed by atoms with Crippen molar-refractivity contribution in [1.82, 2.24) is 14.8 Å². The highest BCUT2D eigenvalue weighted by Crippen LogP contribution is 2.20. The van der Waals surface area contributed by atoms with Gasteiger partial charge in [-0.15, -0.1) is 0 Å². The van der Waals surface area contributed by atoms with Gasteiger partial charge in [-0.25, -0.2) is 0 Å². The van der Waals surface area contributed by atoms with Gasteiger partial charge in [0.2, 0.25) is 0 Å². The van der Waals surface area contributed by atoms with E-state index < -0.39 is 0 Å². The Bertz CT molecular complexity index is 372. The van der Waals surface area contributed by atoms with Gasteiger partial charge in [0.05, 0.1) is 17.6 Å². The van der Waals surface area contributed by atoms with Crippen LogP contribution >= 0.6 is 0 Å². The summed E-state index contributed by atoms with van der Waals surface area (Å²) in [4.78, 5) is 9.23. The van der Waals surface area contributed by atoms with Crippen molar-refractivity contribution in [3.05, 3.63) is 24.0 Å². The second-order valence-electron chi connectivity index (χ2n) is 5.53. The highest BCUT2D eigenvalue weighted by atomic mass is 15.3. The topological polar surface area (TPSA) is 45.4 Å². The predicted molar refractivity (Wildman–Crippen MR) is 70.6 cm³/mol. The summed E-state index contributed by atoms with van der Waals surface area (Å²) in [5.41, 5.74) is 7.71. The molecule has 0 amide bonds. The molecule has 0 spiro atoms. The lowest BCUT2D eigenvalue weighted by Crippen LogP contribution is -2.57. The van der Waals surface area contributed by atoms with Gasteiger partial charge < -0.3 is 5.73 Å². The first-order valence-electron chi connectivity index (χ1n) is 6.11. The van der Waals surface area contributed by atoms with Crippen LogP contribution < -0.4 is 5.73 Å². The number of nitrogens with two attached hydrogens (primary N) is 1. The van der Waals surface area contributed by atoms with E-state index in [0.29, 0.717) is 0 Å². The zero-order chi connectivity index (χ0) is 12.5. The predicted octanol–water partition coefficient (Wildman–Crippen LogP) is 1.19. The largest absolute Gasteiger partial charge is 0.397 e. The quantitative estimate of drug-likeness (QED) is 0.835. The van der Waals surface area contributed by atoms with Crippen LogP contribution in [-0.2, 0) is 6.54 Å². The molecule has 0 aromatic carbocycles. The molecule has 1 aromatic rings. The molecule has 1 aliphatic rings. The molecule has 4 nitrogen and oxygen atoms in total. The van der Waals surface area contributed by atoms with Crippen molar-refractivity contribution in [3.63, 3.8) is 0 Å². The Kier molecular flexibility index (Phi) is 3.35. The molecule has 1 fully saturated rings. The third-order valence-corrected chi connectivity index (χ3v) is 3.63. The van der Waals surface area contributed by atoms with Gasteiger partial charge in [-0.2, -0.15) is 0 Å². The lowest BCUT2D eigenvalue weighted by atomic mass is 9.99. The van der Waals surface area contributed by atoms with Crippen molar-refractivity contribution < 1.29 is 0 Å². The minimum absolute atomic E-state index is 0.242. The summed E-state index contributed by atoms with van der Waals surface area (Å²) in [5.74, 6) is 0. The van der Waals surface area contributed by atoms with Crippen LogP contribution in [0.3, 0.4) is 0 Å². The summed E-state index contributed by atoms with van der Waals surface area (Å²) in [7, 11) is 2.19. The molecular weight excluding hydrogens is 212 g/mol. The summed E-state index contributed by atoms with van der Waals surface area (Å²) in [5, 5.41) is 0. The lowest BCUT2D eigenvalue weighted by Gasteiger charge is -2.45. The van der Waals surface area contributed by atoms with Crippen molar-refractivity contribution in [2.45, 2.75) is 25.9 Å². The standard InChI is InChI=1S/C13H22N4/c1-13(2)10-17(7-6-16(13)3)9-12-5-4-11(14)8-15-12/h4-5,8H,6-7,9-10,14H2,1-3H3. The van der Waals surface area contributed by atoms with Crippen LogP contribution in [0.5, 0.6) is 0 Å². The maximum atomic E-state index is 5.64. The Morgan fingerprint density at radius 2 is 2.12 bits per heavy atom. The molecule has 2 rings (SSSR count). The Balaban J connectivity index is 1.98. The molecule has 0 radical (unpaired) electrons. The minimum Gasteiger partial charge on any atom is -0.397 e. The minimum atomic E-state index is 0.242. The molecule has 0 saturated carbocycles. The van der Waals surface area contributed by atoms with Crippen molar-refractivity contribution in [2.24, 2.45) is 0 Å². The van der Waals surface area contributed by atoms with Crippen LogP contribution in [-0.4, -0.2) is 47.0 Å². The van der Waals surface area contributed by atoms with Gasteiger partial charge in [0, 0.05) is 31.7 Å². The Morgan fingerprint density at radius 3 is 2.71 bits per heavy atom. The first-order chi connectivity index (χ1) is 7.97. The third-order valence-electron chi connectivity index (χ3n) is 3.63. The van der Waals surface area contributed by atoms with Crippen LogP contribution in [0.4, 0.5) is 5.69 Å². The molecule has 2 N–H and O–H groups in total. The van der Waals surface area contributed by atoms with Gasteiger partial charge in [0.15, 0.2) is 0 Å². The third kappa shape index (κ3) is 2.96. The molecule has 0 atom stereocenters. The number of aromatic nitrogens is 1. The van der Waals surface area contributed by atoms with Gasteiger partial charge in [0.25, 0.3) is 0 Å². The fourth-order valence-corrected chi connectivity index (χ4v) is 2.23. The second-order valence-corrected chi connectivity index (χ2v) is 5.53. The first kappa shape index (κ1) is 12.3. The average molecular weight is 234 g/mol. The van der Waals surface area contributed by atoms with E-state index in [9.17, 15) is 0 Å². The van der Waals surface area contributed by atoms with Gasteiger partial charge >= 0.3 is 0 Å². The maximum absolute atomic E-state index is 5.64. The number of pyridine rings is 1. The van der Waals surface area contributed by atoms with Gasteiger partial charge in [-0.05, 0) is 33.0 Å². The fourth-order valence-electron chi connectivity index (χ4n) is 2.23. The molecule has 17 heavy (non-hydrogen) atoms. The van der Waals surface area contributed by atoms with Crippen LogP contribution in [0.1, 0.15) is 19.5 Å². The smallest absolute Gasteiger partial charge is 0.0545 e. The molecule has 4 heteroatoms. The number of rotatable bonds is 2. The van der Waals surface area contributed by atoms with Crippen molar-refractivity contribution in [1.29, 1.82) is 0 Å². The van der Waals surface area contributed by atoms with Crippen LogP contribution in [0.2, 0.25) is 0 Å².